The van der Waals surface area contributed by atoms with Gasteiger partial charge < -0.3 is 5.32 Å². The minimum atomic E-state index is -0.209. The fraction of sp³-hybridized carbons (Fsp3) is 0.182. The number of para-hydroxylation sites is 1. The molecular weight excluding hydrogens is 206 g/mol. The quantitative estimate of drug-likeness (QED) is 0.790. The maximum absolute atomic E-state index is 11.3. The second-order valence-corrected chi connectivity index (χ2v) is 3.48. The van der Waals surface area contributed by atoms with E-state index in [9.17, 15) is 9.59 Å². The molecule has 0 saturated carbocycles. The summed E-state index contributed by atoms with van der Waals surface area (Å²) in [7, 11) is 0. The number of benzene rings is 1. The molecule has 82 valence electrons. The van der Waals surface area contributed by atoms with Crippen LogP contribution < -0.4 is 5.32 Å². The van der Waals surface area contributed by atoms with Crippen LogP contribution >= 0.6 is 0 Å². The van der Waals surface area contributed by atoms with Gasteiger partial charge in [0.1, 0.15) is 0 Å². The first kappa shape index (κ1) is 10.4. The number of hydrogen-bond donors (Lipinski definition) is 1. The Morgan fingerprint density at radius 3 is 2.56 bits per heavy atom. The number of nitrogens with zero attached hydrogens (tertiary/aromatic N) is 2. The number of rotatable bonds is 1. The van der Waals surface area contributed by atoms with Crippen molar-refractivity contribution in [1.29, 1.82) is 0 Å². The Bertz CT molecular complexity index is 572. The molecule has 1 heterocycles. The third-order valence-corrected chi connectivity index (χ3v) is 2.18. The lowest BCUT2D eigenvalue weighted by Gasteiger charge is -1.95. The lowest BCUT2D eigenvalue weighted by Crippen LogP contribution is -2.10. The number of aromatic nitrogens is 2. The van der Waals surface area contributed by atoms with Gasteiger partial charge in [-0.15, -0.1) is 5.10 Å². The number of amides is 1. The molecule has 5 nitrogen and oxygen atoms in total. The number of carbonyl (C=O) groups excluding carboxylic acids is 2. The highest BCUT2D eigenvalue weighted by molar-refractivity contribution is 6.01. The van der Waals surface area contributed by atoms with Crippen LogP contribution in [0.4, 0.5) is 5.82 Å². The predicted octanol–water partition coefficient (Wildman–Crippen LogP) is 1.65. The van der Waals surface area contributed by atoms with Crippen LogP contribution in [0, 0.1) is 0 Å². The van der Waals surface area contributed by atoms with Crippen molar-refractivity contribution in [2.45, 2.75) is 13.8 Å². The van der Waals surface area contributed by atoms with Crippen molar-refractivity contribution in [3.05, 3.63) is 24.3 Å². The van der Waals surface area contributed by atoms with E-state index in [1.54, 1.807) is 6.07 Å². The summed E-state index contributed by atoms with van der Waals surface area (Å²) in [5.41, 5.74) is 0.693. The van der Waals surface area contributed by atoms with E-state index in [1.807, 2.05) is 18.2 Å². The van der Waals surface area contributed by atoms with Crippen LogP contribution in [0.2, 0.25) is 0 Å². The van der Waals surface area contributed by atoms with Gasteiger partial charge in [-0.25, -0.2) is 0 Å². The number of hydrogen-bond acceptors (Lipinski definition) is 3. The summed E-state index contributed by atoms with van der Waals surface area (Å²) in [4.78, 5) is 22.3. The van der Waals surface area contributed by atoms with Crippen LogP contribution in [0.1, 0.15) is 18.6 Å². The average Bonchev–Trinajstić information content (AvgIpc) is 2.57. The van der Waals surface area contributed by atoms with E-state index >= 15 is 0 Å². The molecule has 0 saturated heterocycles. The van der Waals surface area contributed by atoms with E-state index in [1.165, 1.54) is 18.5 Å². The topological polar surface area (TPSA) is 64.0 Å². The first-order valence-electron chi connectivity index (χ1n) is 4.86. The molecule has 0 atom stereocenters. The lowest BCUT2D eigenvalue weighted by atomic mass is 10.2. The molecule has 0 aliphatic rings. The van der Waals surface area contributed by atoms with E-state index in [-0.39, 0.29) is 11.8 Å². The van der Waals surface area contributed by atoms with Crippen molar-refractivity contribution >= 4 is 28.5 Å². The molecule has 2 aromatic rings. The molecule has 0 bridgehead atoms. The standard InChI is InChI=1S/C11H11N3O2/c1-7(15)12-11-9-5-3-4-6-10(9)14(13-11)8(2)16/h3-6H,1-2H3,(H,12,13,15). The van der Waals surface area contributed by atoms with Gasteiger partial charge in [-0.05, 0) is 12.1 Å². The Hall–Kier alpha value is -2.17. The van der Waals surface area contributed by atoms with E-state index in [4.69, 9.17) is 0 Å². The maximum atomic E-state index is 11.3. The maximum Gasteiger partial charge on any atom is 0.244 e. The summed E-state index contributed by atoms with van der Waals surface area (Å²) in [6, 6.07) is 7.25. The summed E-state index contributed by atoms with van der Waals surface area (Å²) in [5.74, 6) is 0.0186. The largest absolute Gasteiger partial charge is 0.309 e. The Kier molecular flexibility index (Phi) is 2.44. The van der Waals surface area contributed by atoms with Crippen LogP contribution in [0.3, 0.4) is 0 Å². The molecule has 1 aromatic heterocycles. The number of carbonyl (C=O) groups is 2. The fourth-order valence-electron chi connectivity index (χ4n) is 1.57. The molecule has 16 heavy (non-hydrogen) atoms. The molecule has 1 amide bonds. The van der Waals surface area contributed by atoms with Gasteiger partial charge in [-0.1, -0.05) is 12.1 Å². The van der Waals surface area contributed by atoms with Crippen molar-refractivity contribution in [3.8, 4) is 0 Å². The number of anilines is 1. The van der Waals surface area contributed by atoms with Gasteiger partial charge in [0, 0.05) is 19.2 Å². The minimum absolute atomic E-state index is 0.187. The van der Waals surface area contributed by atoms with E-state index in [0.717, 1.165) is 5.39 Å². The van der Waals surface area contributed by atoms with Crippen molar-refractivity contribution in [1.82, 2.24) is 9.78 Å². The molecule has 0 radical (unpaired) electrons. The van der Waals surface area contributed by atoms with Crippen LogP contribution in [0.15, 0.2) is 24.3 Å². The molecule has 0 fully saturated rings. The average molecular weight is 217 g/mol. The molecule has 1 aromatic carbocycles. The normalized spacial score (nSPS) is 10.4. The van der Waals surface area contributed by atoms with Crippen molar-refractivity contribution in [2.24, 2.45) is 0 Å². The van der Waals surface area contributed by atoms with Gasteiger partial charge in [-0.2, -0.15) is 4.68 Å². The summed E-state index contributed by atoms with van der Waals surface area (Å²) in [6.45, 7) is 2.83. The van der Waals surface area contributed by atoms with Crippen molar-refractivity contribution in [3.63, 3.8) is 0 Å². The summed E-state index contributed by atoms with van der Waals surface area (Å²) >= 11 is 0. The number of fused-ring (bicyclic) bond motifs is 1. The molecule has 0 spiro atoms. The zero-order valence-corrected chi connectivity index (χ0v) is 9.02. The number of nitrogens with one attached hydrogen (secondary N) is 1. The van der Waals surface area contributed by atoms with Crippen molar-refractivity contribution < 1.29 is 9.59 Å². The lowest BCUT2D eigenvalue weighted by molar-refractivity contribution is -0.114. The second-order valence-electron chi connectivity index (χ2n) is 3.48. The van der Waals surface area contributed by atoms with Crippen molar-refractivity contribution in [2.75, 3.05) is 5.32 Å². The summed E-state index contributed by atoms with van der Waals surface area (Å²) in [6.07, 6.45) is 0. The molecular formula is C11H11N3O2. The highest BCUT2D eigenvalue weighted by Gasteiger charge is 2.12. The SMILES string of the molecule is CC(=O)Nc1nn(C(C)=O)c2ccccc12. The van der Waals surface area contributed by atoms with Gasteiger partial charge in [0.05, 0.1) is 5.52 Å². The van der Waals surface area contributed by atoms with E-state index in [2.05, 4.69) is 10.4 Å². The molecule has 5 heteroatoms. The first-order valence-corrected chi connectivity index (χ1v) is 4.86. The Balaban J connectivity index is 2.66. The third kappa shape index (κ3) is 1.67. The van der Waals surface area contributed by atoms with Gasteiger partial charge in [0.15, 0.2) is 5.82 Å². The highest BCUT2D eigenvalue weighted by atomic mass is 16.2. The molecule has 0 aliphatic heterocycles. The Morgan fingerprint density at radius 2 is 1.94 bits per heavy atom. The smallest absolute Gasteiger partial charge is 0.244 e. The first-order chi connectivity index (χ1) is 7.59. The monoisotopic (exact) mass is 217 g/mol. The highest BCUT2D eigenvalue weighted by Crippen LogP contribution is 2.22. The van der Waals surface area contributed by atoms with Crippen LogP contribution in [-0.2, 0) is 4.79 Å². The molecule has 0 aliphatic carbocycles. The van der Waals surface area contributed by atoms with E-state index < -0.39 is 0 Å². The summed E-state index contributed by atoms with van der Waals surface area (Å²) in [5, 5.41) is 7.42. The second kappa shape index (κ2) is 3.77. The molecule has 0 unspecified atom stereocenters. The fourth-order valence-corrected chi connectivity index (χ4v) is 1.57. The molecule has 1 N–H and O–H groups in total. The summed E-state index contributed by atoms with van der Waals surface area (Å²) < 4.78 is 1.28. The predicted molar refractivity (Wildman–Crippen MR) is 60.3 cm³/mol. The molecule has 2 rings (SSSR count). The zero-order chi connectivity index (χ0) is 11.7. The van der Waals surface area contributed by atoms with Gasteiger partial charge in [0.2, 0.25) is 11.8 Å². The van der Waals surface area contributed by atoms with Crippen LogP contribution in [0.5, 0.6) is 0 Å². The van der Waals surface area contributed by atoms with Crippen LogP contribution in [0.25, 0.3) is 10.9 Å². The van der Waals surface area contributed by atoms with Gasteiger partial charge in [0.25, 0.3) is 0 Å². The van der Waals surface area contributed by atoms with E-state index in [0.29, 0.717) is 11.3 Å². The van der Waals surface area contributed by atoms with Crippen LogP contribution in [-0.4, -0.2) is 21.6 Å². The zero-order valence-electron chi connectivity index (χ0n) is 9.02. The Morgan fingerprint density at radius 1 is 1.25 bits per heavy atom. The third-order valence-electron chi connectivity index (χ3n) is 2.18. The Labute approximate surface area is 92.1 Å². The minimum Gasteiger partial charge on any atom is -0.309 e. The van der Waals surface area contributed by atoms with Gasteiger partial charge in [-0.3, -0.25) is 9.59 Å². The van der Waals surface area contributed by atoms with Gasteiger partial charge >= 0.3 is 0 Å².